The molecule has 0 spiro atoms. The Bertz CT molecular complexity index is 893. The van der Waals surface area contributed by atoms with Gasteiger partial charge < -0.3 is 20.4 Å². The Morgan fingerprint density at radius 3 is 2.42 bits per heavy atom. The summed E-state index contributed by atoms with van der Waals surface area (Å²) in [6.45, 7) is 4.12. The molecule has 2 aromatic carbocycles. The molecule has 31 heavy (non-hydrogen) atoms. The molecule has 6 nitrogen and oxygen atoms in total. The largest absolute Gasteiger partial charge is 0.339 e. The molecule has 1 atom stereocenters. The molecular weight excluding hydrogens is 395 g/mol. The number of carbonyl (C=O) groups is 2. The van der Waals surface area contributed by atoms with Gasteiger partial charge >= 0.3 is 6.03 Å². The van der Waals surface area contributed by atoms with Crippen molar-refractivity contribution >= 4 is 17.6 Å². The number of carbonyl (C=O) groups excluding carboxylic acids is 2. The van der Waals surface area contributed by atoms with Crippen LogP contribution in [0.1, 0.15) is 41.7 Å². The molecule has 2 aromatic rings. The van der Waals surface area contributed by atoms with Gasteiger partial charge in [0.2, 0.25) is 0 Å². The summed E-state index contributed by atoms with van der Waals surface area (Å²) in [5.74, 6) is 0.400. The van der Waals surface area contributed by atoms with Crippen LogP contribution in [0, 0.1) is 11.7 Å². The molecule has 1 heterocycles. The Kier molecular flexibility index (Phi) is 7.63. The molecule has 1 aliphatic heterocycles. The maximum absolute atomic E-state index is 13.6. The van der Waals surface area contributed by atoms with Crippen molar-refractivity contribution in [1.82, 2.24) is 15.1 Å². The number of halogens is 1. The third-order valence-electron chi connectivity index (χ3n) is 5.77. The maximum atomic E-state index is 13.6. The second kappa shape index (κ2) is 10.4. The summed E-state index contributed by atoms with van der Waals surface area (Å²) in [4.78, 5) is 28.8. The fraction of sp³-hybridized carbons (Fsp3) is 0.417. The predicted molar refractivity (Wildman–Crippen MR) is 121 cm³/mol. The van der Waals surface area contributed by atoms with E-state index in [4.69, 9.17) is 0 Å². The molecule has 1 aliphatic rings. The second-order valence-electron chi connectivity index (χ2n) is 8.42. The lowest BCUT2D eigenvalue weighted by Gasteiger charge is -2.30. The predicted octanol–water partition coefficient (Wildman–Crippen LogP) is 4.12. The van der Waals surface area contributed by atoms with Gasteiger partial charge in [0.1, 0.15) is 5.82 Å². The van der Waals surface area contributed by atoms with Gasteiger partial charge in [-0.05, 0) is 74.8 Å². The number of likely N-dealkylation sites (N-methyl/N-ethyl adjacent to an activating group) is 1. The standard InChI is InChI=1S/C24H31FN4O2/c1-17-11-13-29(14-12-17)23(30)18-7-9-21(10-8-18)27-24(31)26-16-22(28(2)3)19-5-4-6-20(25)15-19/h4-10,15,17,22H,11-14,16H2,1-3H3,(H2,26,27,31). The first kappa shape index (κ1) is 22.7. The first-order valence-corrected chi connectivity index (χ1v) is 10.7. The van der Waals surface area contributed by atoms with E-state index in [1.807, 2.05) is 30.0 Å². The highest BCUT2D eigenvalue weighted by atomic mass is 19.1. The lowest BCUT2D eigenvalue weighted by molar-refractivity contribution is 0.0697. The minimum atomic E-state index is -0.354. The van der Waals surface area contributed by atoms with E-state index in [0.717, 1.165) is 31.5 Å². The van der Waals surface area contributed by atoms with Crippen molar-refractivity contribution in [3.8, 4) is 0 Å². The molecular formula is C24H31FN4O2. The first-order valence-electron chi connectivity index (χ1n) is 10.7. The lowest BCUT2D eigenvalue weighted by atomic mass is 9.98. The van der Waals surface area contributed by atoms with Gasteiger partial charge in [0, 0.05) is 30.9 Å². The van der Waals surface area contributed by atoms with E-state index in [2.05, 4.69) is 17.6 Å². The number of hydrogen-bond acceptors (Lipinski definition) is 3. The Morgan fingerprint density at radius 1 is 1.13 bits per heavy atom. The molecule has 0 radical (unpaired) electrons. The number of piperidine rings is 1. The van der Waals surface area contributed by atoms with Crippen LogP contribution in [-0.4, -0.2) is 55.5 Å². The minimum Gasteiger partial charge on any atom is -0.339 e. The zero-order chi connectivity index (χ0) is 22.4. The van der Waals surface area contributed by atoms with Crippen molar-refractivity contribution in [3.05, 3.63) is 65.5 Å². The van der Waals surface area contributed by atoms with Crippen LogP contribution in [0.3, 0.4) is 0 Å². The summed E-state index contributed by atoms with van der Waals surface area (Å²) in [5.41, 5.74) is 2.02. The Balaban J connectivity index is 1.53. The van der Waals surface area contributed by atoms with Crippen LogP contribution in [0.5, 0.6) is 0 Å². The molecule has 1 unspecified atom stereocenters. The smallest absolute Gasteiger partial charge is 0.319 e. The van der Waals surface area contributed by atoms with Crippen LogP contribution < -0.4 is 10.6 Å². The molecule has 1 saturated heterocycles. The van der Waals surface area contributed by atoms with Crippen molar-refractivity contribution in [2.45, 2.75) is 25.8 Å². The van der Waals surface area contributed by atoms with E-state index in [0.29, 0.717) is 23.7 Å². The minimum absolute atomic E-state index is 0.0341. The summed E-state index contributed by atoms with van der Waals surface area (Å²) < 4.78 is 13.6. The highest BCUT2D eigenvalue weighted by Crippen LogP contribution is 2.20. The SMILES string of the molecule is CC1CCN(C(=O)c2ccc(NC(=O)NCC(c3cccc(F)c3)N(C)C)cc2)CC1. The number of rotatable bonds is 6. The highest BCUT2D eigenvalue weighted by molar-refractivity contribution is 5.95. The van der Waals surface area contributed by atoms with Crippen molar-refractivity contribution in [2.24, 2.45) is 5.92 Å². The van der Waals surface area contributed by atoms with Gasteiger partial charge in [-0.3, -0.25) is 4.79 Å². The summed E-state index contributed by atoms with van der Waals surface area (Å²) in [5, 5.41) is 5.62. The van der Waals surface area contributed by atoms with E-state index >= 15 is 0 Å². The van der Waals surface area contributed by atoms with Crippen LogP contribution >= 0.6 is 0 Å². The highest BCUT2D eigenvalue weighted by Gasteiger charge is 2.21. The van der Waals surface area contributed by atoms with Crippen molar-refractivity contribution in [2.75, 3.05) is 39.0 Å². The quantitative estimate of drug-likeness (QED) is 0.730. The summed E-state index contributed by atoms with van der Waals surface area (Å²) >= 11 is 0. The van der Waals surface area contributed by atoms with Crippen LogP contribution in [-0.2, 0) is 0 Å². The zero-order valence-electron chi connectivity index (χ0n) is 18.4. The average Bonchev–Trinajstić information content (AvgIpc) is 2.74. The average molecular weight is 427 g/mol. The molecule has 2 N–H and O–H groups in total. The first-order chi connectivity index (χ1) is 14.8. The number of nitrogens with zero attached hydrogens (tertiary/aromatic N) is 2. The molecule has 1 fully saturated rings. The Labute approximate surface area is 183 Å². The van der Waals surface area contributed by atoms with Crippen molar-refractivity contribution in [3.63, 3.8) is 0 Å². The van der Waals surface area contributed by atoms with Gasteiger partial charge in [-0.25, -0.2) is 9.18 Å². The van der Waals surface area contributed by atoms with E-state index in [9.17, 15) is 14.0 Å². The normalized spacial score (nSPS) is 15.6. The summed E-state index contributed by atoms with van der Waals surface area (Å²) in [7, 11) is 3.77. The summed E-state index contributed by atoms with van der Waals surface area (Å²) in [6, 6.07) is 12.8. The molecule has 0 aliphatic carbocycles. The van der Waals surface area contributed by atoms with E-state index in [1.165, 1.54) is 12.1 Å². The monoisotopic (exact) mass is 426 g/mol. The van der Waals surface area contributed by atoms with Crippen LogP contribution in [0.2, 0.25) is 0 Å². The number of urea groups is 1. The van der Waals surface area contributed by atoms with Crippen LogP contribution in [0.4, 0.5) is 14.9 Å². The second-order valence-corrected chi connectivity index (χ2v) is 8.42. The molecule has 3 amide bonds. The molecule has 3 rings (SSSR count). The number of nitrogens with one attached hydrogen (secondary N) is 2. The summed E-state index contributed by atoms with van der Waals surface area (Å²) in [6.07, 6.45) is 2.07. The fourth-order valence-electron chi connectivity index (χ4n) is 3.77. The Morgan fingerprint density at radius 2 is 1.81 bits per heavy atom. The van der Waals surface area contributed by atoms with E-state index < -0.39 is 0 Å². The number of likely N-dealkylation sites (tertiary alicyclic amines) is 1. The molecule has 166 valence electrons. The van der Waals surface area contributed by atoms with Crippen molar-refractivity contribution < 1.29 is 14.0 Å². The van der Waals surface area contributed by atoms with Gasteiger partial charge in [0.05, 0.1) is 6.04 Å². The molecule has 0 saturated carbocycles. The van der Waals surface area contributed by atoms with E-state index in [-0.39, 0.29) is 23.8 Å². The Hall–Kier alpha value is -2.93. The maximum Gasteiger partial charge on any atom is 0.319 e. The van der Waals surface area contributed by atoms with Crippen molar-refractivity contribution in [1.29, 1.82) is 0 Å². The lowest BCUT2D eigenvalue weighted by Crippen LogP contribution is -2.38. The van der Waals surface area contributed by atoms with Gasteiger partial charge in [-0.2, -0.15) is 0 Å². The molecule has 0 aromatic heterocycles. The van der Waals surface area contributed by atoms with Crippen LogP contribution in [0.15, 0.2) is 48.5 Å². The fourth-order valence-corrected chi connectivity index (χ4v) is 3.77. The van der Waals surface area contributed by atoms with Gasteiger partial charge in [-0.1, -0.05) is 19.1 Å². The van der Waals surface area contributed by atoms with Crippen LogP contribution in [0.25, 0.3) is 0 Å². The third kappa shape index (κ3) is 6.28. The number of benzene rings is 2. The number of anilines is 1. The van der Waals surface area contributed by atoms with Gasteiger partial charge in [0.15, 0.2) is 0 Å². The van der Waals surface area contributed by atoms with Gasteiger partial charge in [0.25, 0.3) is 5.91 Å². The third-order valence-corrected chi connectivity index (χ3v) is 5.77. The zero-order valence-corrected chi connectivity index (χ0v) is 18.4. The topological polar surface area (TPSA) is 64.7 Å². The molecule has 7 heteroatoms. The number of hydrogen-bond donors (Lipinski definition) is 2. The molecule has 0 bridgehead atoms. The number of amides is 3. The van der Waals surface area contributed by atoms with Gasteiger partial charge in [-0.15, -0.1) is 0 Å². The van der Waals surface area contributed by atoms with E-state index in [1.54, 1.807) is 30.3 Å².